The predicted octanol–water partition coefficient (Wildman–Crippen LogP) is 4.20. The third-order valence-corrected chi connectivity index (χ3v) is 5.83. The lowest BCUT2D eigenvalue weighted by molar-refractivity contribution is 0.103. The molecule has 0 unspecified atom stereocenters. The van der Waals surface area contributed by atoms with Gasteiger partial charge in [0.25, 0.3) is 0 Å². The van der Waals surface area contributed by atoms with Crippen molar-refractivity contribution in [3.8, 4) is 0 Å². The van der Waals surface area contributed by atoms with Crippen molar-refractivity contribution in [2.75, 3.05) is 5.75 Å². The fraction of sp³-hybridized carbons (Fsp3) is 0.235. The van der Waals surface area contributed by atoms with Crippen LogP contribution >= 0.6 is 15.9 Å². The second-order valence-electron chi connectivity index (χ2n) is 5.42. The van der Waals surface area contributed by atoms with Gasteiger partial charge in [0.1, 0.15) is 11.6 Å². The van der Waals surface area contributed by atoms with Gasteiger partial charge in [0, 0.05) is 15.8 Å². The molecule has 0 heterocycles. The van der Waals surface area contributed by atoms with Crippen molar-refractivity contribution in [3.63, 3.8) is 0 Å². The number of halogens is 3. The molecule has 0 bridgehead atoms. The lowest BCUT2D eigenvalue weighted by atomic mass is 10.00. The Morgan fingerprint density at radius 2 is 1.71 bits per heavy atom. The van der Waals surface area contributed by atoms with Crippen LogP contribution in [0.15, 0.2) is 34.8 Å². The van der Waals surface area contributed by atoms with E-state index in [-0.39, 0.29) is 21.5 Å². The molecule has 0 aliphatic carbocycles. The monoisotopic (exact) mass is 416 g/mol. The van der Waals surface area contributed by atoms with Crippen molar-refractivity contribution in [2.24, 2.45) is 0 Å². The Morgan fingerprint density at radius 3 is 2.21 bits per heavy atom. The smallest absolute Gasteiger partial charge is 0.200 e. The van der Waals surface area contributed by atoms with Crippen LogP contribution in [0, 0.1) is 18.6 Å². The van der Waals surface area contributed by atoms with E-state index in [0.717, 1.165) is 12.1 Å². The minimum atomic E-state index is -3.22. The summed E-state index contributed by atoms with van der Waals surface area (Å²) in [6, 6.07) is 6.49. The molecule has 0 amide bonds. The highest BCUT2D eigenvalue weighted by Crippen LogP contribution is 2.25. The first-order chi connectivity index (χ1) is 11.1. The van der Waals surface area contributed by atoms with Gasteiger partial charge in [-0.3, -0.25) is 4.79 Å². The van der Waals surface area contributed by atoms with Crippen LogP contribution in [-0.4, -0.2) is 20.0 Å². The Balaban J connectivity index is 2.42. The van der Waals surface area contributed by atoms with Crippen molar-refractivity contribution in [1.29, 1.82) is 0 Å². The molecule has 0 fully saturated rings. The van der Waals surface area contributed by atoms with Crippen LogP contribution in [0.4, 0.5) is 8.78 Å². The zero-order valence-electron chi connectivity index (χ0n) is 13.1. The quantitative estimate of drug-likeness (QED) is 0.686. The highest BCUT2D eigenvalue weighted by molar-refractivity contribution is 9.10. The van der Waals surface area contributed by atoms with Gasteiger partial charge in [-0.25, -0.2) is 17.2 Å². The van der Waals surface area contributed by atoms with Crippen molar-refractivity contribution in [3.05, 3.63) is 68.7 Å². The Kier molecular flexibility index (Phi) is 5.55. The molecule has 0 N–H and O–H groups in total. The first-order valence-corrected chi connectivity index (χ1v) is 9.75. The van der Waals surface area contributed by atoms with E-state index >= 15 is 0 Å². The predicted molar refractivity (Wildman–Crippen MR) is 91.8 cm³/mol. The first-order valence-electron chi connectivity index (χ1n) is 7.14. The number of sulfone groups is 1. The molecule has 0 atom stereocenters. The fourth-order valence-corrected chi connectivity index (χ4v) is 3.74. The SMILES string of the molecule is CCS(=O)(=O)Cc1ccc(C(=O)c2c(F)cc(C)cc2F)c(Br)c1. The number of aryl methyl sites for hydroxylation is 1. The summed E-state index contributed by atoms with van der Waals surface area (Å²) in [5.41, 5.74) is 0.301. The Morgan fingerprint density at radius 1 is 1.12 bits per heavy atom. The van der Waals surface area contributed by atoms with Crippen LogP contribution in [0.2, 0.25) is 0 Å². The topological polar surface area (TPSA) is 51.2 Å². The minimum Gasteiger partial charge on any atom is -0.288 e. The first kappa shape index (κ1) is 18.7. The van der Waals surface area contributed by atoms with Gasteiger partial charge >= 0.3 is 0 Å². The number of hydrogen-bond donors (Lipinski definition) is 0. The molecule has 2 aromatic rings. The van der Waals surface area contributed by atoms with Gasteiger partial charge in [-0.2, -0.15) is 0 Å². The lowest BCUT2D eigenvalue weighted by Gasteiger charge is -2.09. The Bertz CT molecular complexity index is 885. The van der Waals surface area contributed by atoms with E-state index < -0.39 is 32.8 Å². The summed E-state index contributed by atoms with van der Waals surface area (Å²) < 4.78 is 51.6. The highest BCUT2D eigenvalue weighted by Gasteiger charge is 2.22. The van der Waals surface area contributed by atoms with Gasteiger partial charge in [0.2, 0.25) is 0 Å². The number of ketones is 1. The summed E-state index contributed by atoms with van der Waals surface area (Å²) >= 11 is 3.18. The molecule has 0 radical (unpaired) electrons. The maximum absolute atomic E-state index is 14.0. The minimum absolute atomic E-state index is 0.00505. The van der Waals surface area contributed by atoms with E-state index in [2.05, 4.69) is 15.9 Å². The van der Waals surface area contributed by atoms with Crippen LogP contribution < -0.4 is 0 Å². The maximum Gasteiger partial charge on any atom is 0.200 e. The Labute approximate surface area is 147 Å². The number of carbonyl (C=O) groups is 1. The van der Waals surface area contributed by atoms with E-state index in [1.165, 1.54) is 25.1 Å². The molecular formula is C17H15BrF2O3S. The Hall–Kier alpha value is -1.60. The van der Waals surface area contributed by atoms with Gasteiger partial charge in [-0.15, -0.1) is 0 Å². The summed E-state index contributed by atoms with van der Waals surface area (Å²) in [7, 11) is -3.22. The van der Waals surface area contributed by atoms with Crippen molar-refractivity contribution >= 4 is 31.6 Å². The summed E-state index contributed by atoms with van der Waals surface area (Å²) in [5.74, 6) is -2.82. The fourth-order valence-electron chi connectivity index (χ4n) is 2.24. The van der Waals surface area contributed by atoms with Crippen LogP contribution in [0.1, 0.15) is 34.0 Å². The molecule has 0 aliphatic heterocycles. The molecular weight excluding hydrogens is 402 g/mol. The average molecular weight is 417 g/mol. The molecule has 0 saturated heterocycles. The number of benzene rings is 2. The summed E-state index contributed by atoms with van der Waals surface area (Å²) in [6.45, 7) is 3.07. The van der Waals surface area contributed by atoms with E-state index in [4.69, 9.17) is 0 Å². The van der Waals surface area contributed by atoms with E-state index in [1.54, 1.807) is 6.92 Å². The molecule has 2 aromatic carbocycles. The van der Waals surface area contributed by atoms with Crippen LogP contribution in [0.3, 0.4) is 0 Å². The largest absolute Gasteiger partial charge is 0.288 e. The zero-order valence-corrected chi connectivity index (χ0v) is 15.5. The van der Waals surface area contributed by atoms with E-state index in [9.17, 15) is 22.0 Å². The molecule has 0 spiro atoms. The summed E-state index contributed by atoms with van der Waals surface area (Å²) in [4.78, 5) is 12.4. The number of carbonyl (C=O) groups excluding carboxylic acids is 1. The normalized spacial score (nSPS) is 11.5. The molecule has 128 valence electrons. The van der Waals surface area contributed by atoms with Gasteiger partial charge in [-0.05, 0) is 42.3 Å². The van der Waals surface area contributed by atoms with Gasteiger partial charge in [0.15, 0.2) is 15.6 Å². The van der Waals surface area contributed by atoms with Crippen LogP contribution in [0.25, 0.3) is 0 Å². The van der Waals surface area contributed by atoms with Gasteiger partial charge < -0.3 is 0 Å². The molecule has 0 aromatic heterocycles. The van der Waals surface area contributed by atoms with Gasteiger partial charge in [0.05, 0.1) is 11.3 Å². The van der Waals surface area contributed by atoms with E-state index in [0.29, 0.717) is 11.1 Å². The van der Waals surface area contributed by atoms with Crippen molar-refractivity contribution in [1.82, 2.24) is 0 Å². The standard InChI is InChI=1S/C17H15BrF2O3S/c1-3-24(22,23)9-11-4-5-12(13(18)8-11)17(21)16-14(19)6-10(2)7-15(16)20/h4-8H,3,9H2,1-2H3. The lowest BCUT2D eigenvalue weighted by Crippen LogP contribution is -2.10. The zero-order chi connectivity index (χ0) is 18.1. The molecule has 2 rings (SSSR count). The van der Waals surface area contributed by atoms with Gasteiger partial charge in [-0.1, -0.05) is 28.9 Å². The van der Waals surface area contributed by atoms with Crippen molar-refractivity contribution in [2.45, 2.75) is 19.6 Å². The molecule has 0 saturated carbocycles. The molecule has 24 heavy (non-hydrogen) atoms. The average Bonchev–Trinajstić information content (AvgIpc) is 2.45. The molecule has 3 nitrogen and oxygen atoms in total. The van der Waals surface area contributed by atoms with Crippen LogP contribution in [0.5, 0.6) is 0 Å². The van der Waals surface area contributed by atoms with E-state index in [1.807, 2.05) is 0 Å². The number of hydrogen-bond acceptors (Lipinski definition) is 3. The molecule has 7 heteroatoms. The summed E-state index contributed by atoms with van der Waals surface area (Å²) in [6.07, 6.45) is 0. The summed E-state index contributed by atoms with van der Waals surface area (Å²) in [5, 5.41) is 0. The molecule has 0 aliphatic rings. The van der Waals surface area contributed by atoms with Crippen LogP contribution in [-0.2, 0) is 15.6 Å². The second kappa shape index (κ2) is 7.11. The highest BCUT2D eigenvalue weighted by atomic mass is 79.9. The third kappa shape index (κ3) is 4.08. The van der Waals surface area contributed by atoms with Crippen molar-refractivity contribution < 1.29 is 22.0 Å². The third-order valence-electron chi connectivity index (χ3n) is 3.52. The second-order valence-corrected chi connectivity index (χ2v) is 8.63. The maximum atomic E-state index is 14.0. The number of rotatable bonds is 5.